The van der Waals surface area contributed by atoms with Crippen LogP contribution in [0.25, 0.3) is 0 Å². The summed E-state index contributed by atoms with van der Waals surface area (Å²) in [6.07, 6.45) is 7.30. The van der Waals surface area contributed by atoms with E-state index >= 15 is 0 Å². The Morgan fingerprint density at radius 3 is 1.48 bits per heavy atom. The van der Waals surface area contributed by atoms with E-state index < -0.39 is 0 Å². The second kappa shape index (κ2) is 10.7. The summed E-state index contributed by atoms with van der Waals surface area (Å²) in [6.45, 7) is 11.7. The van der Waals surface area contributed by atoms with Crippen LogP contribution in [0.3, 0.4) is 0 Å². The molecular weight excluding hydrogens is 455 g/mol. The van der Waals surface area contributed by atoms with Crippen LogP contribution in [0.5, 0.6) is 0 Å². The molecule has 0 fully saturated rings. The molecule has 1 aliphatic carbocycles. The minimum Gasteiger partial charge on any atom is -1.00 e. The van der Waals surface area contributed by atoms with Gasteiger partial charge in [0.25, 0.3) is 0 Å². The van der Waals surface area contributed by atoms with E-state index in [1.165, 1.54) is 16.7 Å². The summed E-state index contributed by atoms with van der Waals surface area (Å²) < 4.78 is -0.0897. The third kappa shape index (κ3) is 4.89. The Kier molecular flexibility index (Phi) is 10.5. The van der Waals surface area contributed by atoms with Crippen LogP contribution in [0.1, 0.15) is 45.7 Å². The van der Waals surface area contributed by atoms with Crippen LogP contribution < -0.4 is 37.2 Å². The van der Waals surface area contributed by atoms with E-state index in [9.17, 15) is 0 Å². The smallest absolute Gasteiger partial charge is 1.00 e. The Hall–Kier alpha value is -0.496. The predicted molar refractivity (Wildman–Crippen MR) is 108 cm³/mol. The van der Waals surface area contributed by atoms with Crippen molar-refractivity contribution in [3.8, 4) is 0 Å². The first-order chi connectivity index (χ1) is 12.2. The molecule has 0 heterocycles. The van der Waals surface area contributed by atoms with Crippen molar-refractivity contribution in [3.05, 3.63) is 95.6 Å². The van der Waals surface area contributed by atoms with Crippen LogP contribution in [0, 0.1) is 11.3 Å². The van der Waals surface area contributed by atoms with E-state index in [0.717, 1.165) is 0 Å². The molecule has 0 saturated heterocycles. The average molecular weight is 484 g/mol. The van der Waals surface area contributed by atoms with Crippen molar-refractivity contribution in [2.24, 2.45) is 11.3 Å². The Bertz CT molecular complexity index is 781. The molecule has 3 rings (SSSR count). The van der Waals surface area contributed by atoms with Gasteiger partial charge in [-0.3, -0.25) is 0 Å². The second-order valence-electron chi connectivity index (χ2n) is 8.73. The molecule has 0 nitrogen and oxygen atoms in total. The third-order valence-corrected chi connectivity index (χ3v) is 6.83. The van der Waals surface area contributed by atoms with Gasteiger partial charge in [0.2, 0.25) is 0 Å². The molecule has 154 valence electrons. The standard InChI is InChI=1S/C25H29.3ClH.Ti/c1-19(2)20-16-17-23(18-20)25(24(3,4)5,21-12-8-6-9-13-21)22-14-10-7-11-15-22;;;;/h6-19H,1-5H3;3*1H;/q;;;;+3/p-3. The summed E-state index contributed by atoms with van der Waals surface area (Å²) in [4.78, 5) is 0. The minimum atomic E-state index is -0.157. The number of hydrogen-bond donors (Lipinski definition) is 0. The number of hydrogen-bond acceptors (Lipinski definition) is 0. The Morgan fingerprint density at radius 2 is 1.17 bits per heavy atom. The molecule has 0 bridgehead atoms. The molecule has 2 aromatic rings. The molecule has 0 amide bonds. The average Bonchev–Trinajstić information content (AvgIpc) is 3.00. The van der Waals surface area contributed by atoms with Gasteiger partial charge in [-0.2, -0.15) is 0 Å². The summed E-state index contributed by atoms with van der Waals surface area (Å²) in [6, 6.07) is 22.1. The molecule has 2 aromatic carbocycles. The molecule has 0 N–H and O–H groups in total. The van der Waals surface area contributed by atoms with Crippen molar-refractivity contribution in [2.75, 3.05) is 0 Å². The van der Waals surface area contributed by atoms with E-state index in [1.54, 1.807) is 0 Å². The van der Waals surface area contributed by atoms with Gasteiger partial charge in [-0.15, -0.1) is 0 Å². The summed E-state index contributed by atoms with van der Waals surface area (Å²) in [5.74, 6) is 0.539. The topological polar surface area (TPSA) is 0 Å². The summed E-state index contributed by atoms with van der Waals surface area (Å²) in [5.41, 5.74) is 4.07. The summed E-state index contributed by atoms with van der Waals surface area (Å²) in [5, 5.41) is 0. The fourth-order valence-electron chi connectivity index (χ4n) is 4.69. The minimum absolute atomic E-state index is 0. The van der Waals surface area contributed by atoms with Crippen LogP contribution in [-0.2, 0) is 25.9 Å². The summed E-state index contributed by atoms with van der Waals surface area (Å²) >= 11 is 2.41. The summed E-state index contributed by atoms with van der Waals surface area (Å²) in [7, 11) is 0. The number of benzene rings is 2. The first kappa shape index (κ1) is 28.5. The number of allylic oxidation sites excluding steroid dienone is 4. The van der Waals surface area contributed by atoms with E-state index in [2.05, 4.69) is 134 Å². The van der Waals surface area contributed by atoms with Crippen LogP contribution in [0.2, 0.25) is 3.72 Å². The van der Waals surface area contributed by atoms with E-state index in [-0.39, 0.29) is 51.8 Å². The van der Waals surface area contributed by atoms with Gasteiger partial charge in [-0.25, -0.2) is 0 Å². The first-order valence-corrected chi connectivity index (χ1v) is 10.3. The van der Waals surface area contributed by atoms with Gasteiger partial charge in [-0.05, 0) is 0 Å². The maximum atomic E-state index is 2.52. The Balaban J connectivity index is 0.00000261. The second-order valence-corrected chi connectivity index (χ2v) is 10.0. The first-order valence-electron chi connectivity index (χ1n) is 9.50. The van der Waals surface area contributed by atoms with Gasteiger partial charge in [0, 0.05) is 0 Å². The zero-order chi connectivity index (χ0) is 19.0. The van der Waals surface area contributed by atoms with Crippen LogP contribution in [-0.4, -0.2) is 0 Å². The van der Waals surface area contributed by atoms with Gasteiger partial charge in [-0.1, -0.05) is 0 Å². The van der Waals surface area contributed by atoms with E-state index in [4.69, 9.17) is 0 Å². The van der Waals surface area contributed by atoms with Crippen molar-refractivity contribution < 1.29 is 57.7 Å². The zero-order valence-electron chi connectivity index (χ0n) is 17.7. The molecule has 0 saturated carbocycles. The Morgan fingerprint density at radius 1 is 0.759 bits per heavy atom. The molecule has 1 atom stereocenters. The van der Waals surface area contributed by atoms with Crippen molar-refractivity contribution in [3.63, 3.8) is 0 Å². The maximum Gasteiger partial charge on any atom is -1.00 e. The molecular formula is C25H29Cl3Ti. The number of rotatable bonds is 4. The van der Waals surface area contributed by atoms with Gasteiger partial charge in [0.1, 0.15) is 0 Å². The van der Waals surface area contributed by atoms with E-state index in [1.807, 2.05) is 0 Å². The van der Waals surface area contributed by atoms with Gasteiger partial charge in [0.05, 0.1) is 0 Å². The molecule has 0 aliphatic heterocycles. The largest absolute Gasteiger partial charge is 1.00 e. The predicted octanol–water partition coefficient (Wildman–Crippen LogP) is -2.11. The van der Waals surface area contributed by atoms with Crippen LogP contribution in [0.4, 0.5) is 0 Å². The maximum absolute atomic E-state index is 2.52. The number of halogens is 3. The Labute approximate surface area is 207 Å². The zero-order valence-corrected chi connectivity index (χ0v) is 21.5. The van der Waals surface area contributed by atoms with Gasteiger partial charge < -0.3 is 37.2 Å². The van der Waals surface area contributed by atoms with E-state index in [0.29, 0.717) is 5.92 Å². The van der Waals surface area contributed by atoms with Crippen molar-refractivity contribution in [2.45, 2.75) is 43.8 Å². The molecule has 0 radical (unpaired) electrons. The van der Waals surface area contributed by atoms with Gasteiger partial charge >= 0.3 is 171 Å². The monoisotopic (exact) mass is 482 g/mol. The molecule has 4 heteroatoms. The molecule has 29 heavy (non-hydrogen) atoms. The van der Waals surface area contributed by atoms with Gasteiger partial charge in [0.15, 0.2) is 0 Å². The molecule has 1 aliphatic rings. The van der Waals surface area contributed by atoms with Crippen molar-refractivity contribution in [1.82, 2.24) is 0 Å². The quantitative estimate of drug-likeness (QED) is 0.437. The van der Waals surface area contributed by atoms with Crippen molar-refractivity contribution in [1.29, 1.82) is 0 Å². The molecule has 1 unspecified atom stereocenters. The fourth-order valence-corrected chi connectivity index (χ4v) is 6.11. The molecule has 0 spiro atoms. The van der Waals surface area contributed by atoms with Crippen molar-refractivity contribution >= 4 is 0 Å². The fraction of sp³-hybridized carbons (Fsp3) is 0.360. The third-order valence-electron chi connectivity index (χ3n) is 5.76. The SMILES string of the molecule is CC(C)C1=C[C]([Ti+3])(C(c2ccccc2)(c2ccccc2)C(C)(C)C)C=C1.[Cl-].[Cl-].[Cl-]. The van der Waals surface area contributed by atoms with Crippen LogP contribution in [0.15, 0.2) is 84.5 Å². The van der Waals surface area contributed by atoms with Crippen LogP contribution >= 0.6 is 0 Å². The normalized spacial score (nSPS) is 18.4. The molecule has 0 aromatic heterocycles.